The Morgan fingerprint density at radius 1 is 1.20 bits per heavy atom. The van der Waals surface area contributed by atoms with E-state index in [2.05, 4.69) is 20.7 Å². The van der Waals surface area contributed by atoms with Crippen molar-refractivity contribution >= 4 is 29.0 Å². The highest BCUT2D eigenvalue weighted by atomic mass is 19.4. The average Bonchev–Trinajstić information content (AvgIpc) is 3.07. The number of carbonyl (C=O) groups is 2. The minimum absolute atomic E-state index is 0.0217. The smallest absolute Gasteiger partial charge is 0.361 e. The van der Waals surface area contributed by atoms with E-state index in [4.69, 9.17) is 0 Å². The van der Waals surface area contributed by atoms with Crippen molar-refractivity contribution in [1.29, 1.82) is 0 Å². The highest BCUT2D eigenvalue weighted by Gasteiger charge is 2.55. The number of hydrogen-bond donors (Lipinski definition) is 3. The molecule has 30 heavy (non-hydrogen) atoms. The molecule has 1 atom stereocenters. The van der Waals surface area contributed by atoms with Gasteiger partial charge in [-0.2, -0.15) is 18.3 Å². The predicted molar refractivity (Wildman–Crippen MR) is 103 cm³/mol. The van der Waals surface area contributed by atoms with E-state index >= 15 is 0 Å². The summed E-state index contributed by atoms with van der Waals surface area (Å²) in [6.45, 7) is 1.56. The highest BCUT2D eigenvalue weighted by Crippen LogP contribution is 2.37. The fraction of sp³-hybridized carbons (Fsp3) is 0.263. The molecule has 3 rings (SSSR count). The Morgan fingerprint density at radius 3 is 2.53 bits per heavy atom. The first-order valence-corrected chi connectivity index (χ1v) is 8.79. The zero-order valence-electron chi connectivity index (χ0n) is 16.0. The Morgan fingerprint density at radius 2 is 1.90 bits per heavy atom. The Balaban J connectivity index is 2.02. The molecule has 2 heterocycles. The van der Waals surface area contributed by atoms with Crippen LogP contribution in [0.25, 0.3) is 0 Å². The first-order valence-electron chi connectivity index (χ1n) is 8.79. The van der Waals surface area contributed by atoms with Gasteiger partial charge in [0, 0.05) is 13.2 Å². The van der Waals surface area contributed by atoms with Crippen molar-refractivity contribution in [2.75, 3.05) is 17.4 Å². The van der Waals surface area contributed by atoms with Crippen LogP contribution in [0.15, 0.2) is 47.7 Å². The zero-order chi connectivity index (χ0) is 22.1. The molecular formula is C19H18F3N5O3. The molecule has 0 saturated heterocycles. The Hall–Kier alpha value is -3.47. The monoisotopic (exact) mass is 421 g/mol. The molecule has 158 valence electrons. The standard InChI is InChI=1S/C19H18F3N5O3/c1-11-6-5-9-24-15(11)27-18(30,10-14(26-27)19(20,21)22)17(29)25-13-8-4-3-7-12(13)16(28)23-2/h3-9,30H,10H2,1-2H3,(H,23,28)(H,25,29)/t18-/m0/s1. The lowest BCUT2D eigenvalue weighted by Gasteiger charge is -2.31. The number of pyridine rings is 1. The normalized spacial score (nSPS) is 18.7. The average molecular weight is 421 g/mol. The lowest BCUT2D eigenvalue weighted by atomic mass is 10.0. The van der Waals surface area contributed by atoms with E-state index in [9.17, 15) is 27.9 Å². The molecule has 1 aromatic heterocycles. The minimum atomic E-state index is -4.86. The number of aromatic nitrogens is 1. The number of nitrogens with zero attached hydrogens (tertiary/aromatic N) is 3. The fourth-order valence-corrected chi connectivity index (χ4v) is 2.95. The summed E-state index contributed by atoms with van der Waals surface area (Å²) in [6.07, 6.45) is -4.66. The molecule has 0 unspecified atom stereocenters. The Labute approximate surface area is 169 Å². The van der Waals surface area contributed by atoms with E-state index in [1.165, 1.54) is 31.4 Å². The minimum Gasteiger partial charge on any atom is -0.361 e. The summed E-state index contributed by atoms with van der Waals surface area (Å²) in [5, 5.41) is 19.8. The molecule has 0 aliphatic carbocycles. The number of aliphatic hydroxyl groups is 1. The van der Waals surface area contributed by atoms with Gasteiger partial charge in [-0.25, -0.2) is 9.99 Å². The van der Waals surface area contributed by atoms with E-state index in [0.29, 0.717) is 10.6 Å². The third kappa shape index (κ3) is 3.83. The van der Waals surface area contributed by atoms with Crippen molar-refractivity contribution in [2.45, 2.75) is 25.2 Å². The molecule has 11 heteroatoms. The quantitative estimate of drug-likeness (QED) is 0.702. The molecular weight excluding hydrogens is 403 g/mol. The van der Waals surface area contributed by atoms with Gasteiger partial charge in [-0.05, 0) is 30.7 Å². The lowest BCUT2D eigenvalue weighted by molar-refractivity contribution is -0.133. The van der Waals surface area contributed by atoms with Gasteiger partial charge in [-0.15, -0.1) is 0 Å². The van der Waals surface area contributed by atoms with Crippen molar-refractivity contribution in [2.24, 2.45) is 5.10 Å². The van der Waals surface area contributed by atoms with Crippen LogP contribution in [0.2, 0.25) is 0 Å². The number of hydrazone groups is 1. The summed E-state index contributed by atoms with van der Waals surface area (Å²) in [6, 6.07) is 9.01. The molecule has 1 aliphatic rings. The molecule has 0 fully saturated rings. The summed E-state index contributed by atoms with van der Waals surface area (Å²) >= 11 is 0. The lowest BCUT2D eigenvalue weighted by Crippen LogP contribution is -2.54. The molecule has 1 aliphatic heterocycles. The predicted octanol–water partition coefficient (Wildman–Crippen LogP) is 2.21. The van der Waals surface area contributed by atoms with Gasteiger partial charge >= 0.3 is 6.18 Å². The maximum Gasteiger partial charge on any atom is 0.431 e. The maximum atomic E-state index is 13.3. The van der Waals surface area contributed by atoms with E-state index < -0.39 is 35.8 Å². The second-order valence-corrected chi connectivity index (χ2v) is 6.57. The van der Waals surface area contributed by atoms with Crippen molar-refractivity contribution in [3.05, 3.63) is 53.7 Å². The summed E-state index contributed by atoms with van der Waals surface area (Å²) in [7, 11) is 1.39. The van der Waals surface area contributed by atoms with Gasteiger partial charge in [0.2, 0.25) is 5.72 Å². The number of para-hydroxylation sites is 1. The topological polar surface area (TPSA) is 107 Å². The molecule has 1 aromatic carbocycles. The van der Waals surface area contributed by atoms with Crippen molar-refractivity contribution in [1.82, 2.24) is 10.3 Å². The number of aryl methyl sites for hydroxylation is 1. The van der Waals surface area contributed by atoms with Gasteiger partial charge < -0.3 is 15.7 Å². The summed E-state index contributed by atoms with van der Waals surface area (Å²) < 4.78 is 40.0. The number of amides is 2. The summed E-state index contributed by atoms with van der Waals surface area (Å²) in [5.41, 5.74) is -3.54. The van der Waals surface area contributed by atoms with Crippen LogP contribution in [0.3, 0.4) is 0 Å². The van der Waals surface area contributed by atoms with Crippen LogP contribution >= 0.6 is 0 Å². The highest BCUT2D eigenvalue weighted by molar-refractivity contribution is 6.09. The molecule has 2 amide bonds. The Kier molecular flexibility index (Phi) is 5.49. The molecule has 3 N–H and O–H groups in total. The van der Waals surface area contributed by atoms with Gasteiger partial charge in [0.1, 0.15) is 5.71 Å². The van der Waals surface area contributed by atoms with E-state index in [-0.39, 0.29) is 17.1 Å². The molecule has 2 aromatic rings. The number of alkyl halides is 3. The van der Waals surface area contributed by atoms with E-state index in [0.717, 1.165) is 0 Å². The van der Waals surface area contributed by atoms with Gasteiger partial charge in [-0.1, -0.05) is 18.2 Å². The summed E-state index contributed by atoms with van der Waals surface area (Å²) in [5.74, 6) is -1.81. The number of rotatable bonds is 4. The van der Waals surface area contributed by atoms with Crippen molar-refractivity contribution in [3.8, 4) is 0 Å². The molecule has 0 radical (unpaired) electrons. The van der Waals surface area contributed by atoms with Gasteiger partial charge in [-0.3, -0.25) is 9.59 Å². The van der Waals surface area contributed by atoms with Gasteiger partial charge in [0.15, 0.2) is 5.82 Å². The van der Waals surface area contributed by atoms with E-state index in [1.54, 1.807) is 25.1 Å². The zero-order valence-corrected chi connectivity index (χ0v) is 16.0. The second-order valence-electron chi connectivity index (χ2n) is 6.57. The number of carbonyl (C=O) groups excluding carboxylic acids is 2. The van der Waals surface area contributed by atoms with Crippen molar-refractivity contribution < 1.29 is 27.9 Å². The van der Waals surface area contributed by atoms with Crippen LogP contribution < -0.4 is 15.6 Å². The third-order valence-corrected chi connectivity index (χ3v) is 4.51. The second kappa shape index (κ2) is 7.75. The van der Waals surface area contributed by atoms with Crippen LogP contribution in [0, 0.1) is 6.92 Å². The fourth-order valence-electron chi connectivity index (χ4n) is 2.95. The SMILES string of the molecule is CNC(=O)c1ccccc1NC(=O)[C@@]1(O)CC(C(F)(F)F)=NN1c1ncccc1C. The number of halogens is 3. The maximum absolute atomic E-state index is 13.3. The van der Waals surface area contributed by atoms with Crippen LogP contribution in [0.5, 0.6) is 0 Å². The van der Waals surface area contributed by atoms with Crippen LogP contribution in [0.1, 0.15) is 22.3 Å². The van der Waals surface area contributed by atoms with Gasteiger partial charge in [0.05, 0.1) is 17.7 Å². The van der Waals surface area contributed by atoms with Gasteiger partial charge in [0.25, 0.3) is 11.8 Å². The summed E-state index contributed by atoms with van der Waals surface area (Å²) in [4.78, 5) is 28.9. The third-order valence-electron chi connectivity index (χ3n) is 4.51. The Bertz CT molecular complexity index is 1020. The van der Waals surface area contributed by atoms with E-state index in [1.807, 2.05) is 0 Å². The first-order chi connectivity index (χ1) is 14.1. The largest absolute Gasteiger partial charge is 0.431 e. The van der Waals surface area contributed by atoms with Crippen LogP contribution in [-0.4, -0.2) is 46.6 Å². The number of nitrogens with one attached hydrogen (secondary N) is 2. The van der Waals surface area contributed by atoms with Crippen LogP contribution in [-0.2, 0) is 4.79 Å². The molecule has 0 bridgehead atoms. The van der Waals surface area contributed by atoms with Crippen LogP contribution in [0.4, 0.5) is 24.7 Å². The number of anilines is 2. The van der Waals surface area contributed by atoms with Crippen molar-refractivity contribution in [3.63, 3.8) is 0 Å². The molecule has 8 nitrogen and oxygen atoms in total. The first kappa shape index (κ1) is 21.2. The molecule has 0 spiro atoms. The molecule has 0 saturated carbocycles. The number of hydrogen-bond acceptors (Lipinski definition) is 6. The number of benzene rings is 1.